The molecule has 7 heteroatoms. The number of nitrogens with one attached hydrogen (secondary N) is 1. The second-order valence-corrected chi connectivity index (χ2v) is 8.23. The Kier molecular flexibility index (Phi) is 6.54. The molecule has 29 heavy (non-hydrogen) atoms. The molecule has 0 aliphatic carbocycles. The van der Waals surface area contributed by atoms with Gasteiger partial charge in [0.1, 0.15) is 12.4 Å². The molecule has 1 aromatic carbocycles. The van der Waals surface area contributed by atoms with Gasteiger partial charge in [0, 0.05) is 44.5 Å². The van der Waals surface area contributed by atoms with Crippen LogP contribution in [0, 0.1) is 5.92 Å². The minimum absolute atomic E-state index is 0.0276. The van der Waals surface area contributed by atoms with Crippen molar-refractivity contribution in [3.8, 4) is 5.75 Å². The summed E-state index contributed by atoms with van der Waals surface area (Å²) in [6.07, 6.45) is 6.11. The maximum absolute atomic E-state index is 12.8. The first-order valence-electron chi connectivity index (χ1n) is 10.9. The number of amides is 3. The molecule has 0 aromatic heterocycles. The van der Waals surface area contributed by atoms with Gasteiger partial charge in [-0.25, -0.2) is 4.79 Å². The zero-order chi connectivity index (χ0) is 20.1. The number of hydrogen-bond acceptors (Lipinski definition) is 4. The maximum Gasteiger partial charge on any atom is 0.320 e. The van der Waals surface area contributed by atoms with Crippen LogP contribution in [-0.4, -0.2) is 67.2 Å². The van der Waals surface area contributed by atoms with Gasteiger partial charge in [0.15, 0.2) is 0 Å². The van der Waals surface area contributed by atoms with E-state index in [1.54, 1.807) is 0 Å². The normalized spacial score (nSPS) is 24.6. The third-order valence-corrected chi connectivity index (χ3v) is 6.00. The van der Waals surface area contributed by atoms with Crippen molar-refractivity contribution in [1.29, 1.82) is 0 Å². The second-order valence-electron chi connectivity index (χ2n) is 8.23. The van der Waals surface area contributed by atoms with E-state index in [1.165, 1.54) is 0 Å². The number of hydrogen-bond donors (Lipinski definition) is 1. The first-order chi connectivity index (χ1) is 14.2. The Balaban J connectivity index is 1.30. The summed E-state index contributed by atoms with van der Waals surface area (Å²) in [4.78, 5) is 29.2. The molecule has 0 spiro atoms. The van der Waals surface area contributed by atoms with E-state index < -0.39 is 0 Å². The fraction of sp³-hybridized carbons (Fsp3) is 0.636. The van der Waals surface area contributed by atoms with Gasteiger partial charge in [-0.3, -0.25) is 4.79 Å². The summed E-state index contributed by atoms with van der Waals surface area (Å²) in [6, 6.07) is 7.58. The predicted octanol–water partition coefficient (Wildman–Crippen LogP) is 3.11. The predicted molar refractivity (Wildman–Crippen MR) is 110 cm³/mol. The zero-order valence-corrected chi connectivity index (χ0v) is 17.0. The molecule has 1 aromatic rings. The van der Waals surface area contributed by atoms with Crippen LogP contribution in [0.2, 0.25) is 0 Å². The van der Waals surface area contributed by atoms with Crippen LogP contribution in [0.25, 0.3) is 0 Å². The highest BCUT2D eigenvalue weighted by Crippen LogP contribution is 2.23. The van der Waals surface area contributed by atoms with Crippen LogP contribution in [0.15, 0.2) is 24.3 Å². The maximum atomic E-state index is 12.8. The van der Waals surface area contributed by atoms with Crippen molar-refractivity contribution < 1.29 is 19.1 Å². The molecule has 3 amide bonds. The van der Waals surface area contributed by atoms with Gasteiger partial charge in [-0.2, -0.15) is 0 Å². The lowest BCUT2D eigenvalue weighted by Crippen LogP contribution is -2.48. The molecule has 158 valence electrons. The van der Waals surface area contributed by atoms with Gasteiger partial charge in [0.05, 0.1) is 12.0 Å². The Morgan fingerprint density at radius 1 is 1.07 bits per heavy atom. The third-order valence-electron chi connectivity index (χ3n) is 6.00. The van der Waals surface area contributed by atoms with Crippen molar-refractivity contribution in [1.82, 2.24) is 9.80 Å². The molecule has 3 aliphatic rings. The molecule has 3 heterocycles. The van der Waals surface area contributed by atoms with Crippen LogP contribution in [0.5, 0.6) is 5.75 Å². The molecule has 1 N–H and O–H groups in total. The average molecular weight is 402 g/mol. The fourth-order valence-corrected chi connectivity index (χ4v) is 4.35. The number of urea groups is 1. The van der Waals surface area contributed by atoms with Gasteiger partial charge in [-0.1, -0.05) is 6.07 Å². The smallest absolute Gasteiger partial charge is 0.320 e. The number of rotatable bonds is 5. The fourth-order valence-electron chi connectivity index (χ4n) is 4.35. The van der Waals surface area contributed by atoms with Crippen molar-refractivity contribution in [3.05, 3.63) is 24.3 Å². The van der Waals surface area contributed by atoms with Crippen LogP contribution < -0.4 is 10.1 Å². The highest BCUT2D eigenvalue weighted by atomic mass is 16.5. The van der Waals surface area contributed by atoms with Crippen LogP contribution in [0.3, 0.4) is 0 Å². The molecule has 0 bridgehead atoms. The summed E-state index contributed by atoms with van der Waals surface area (Å²) in [5, 5.41) is 3.01. The first-order valence-corrected chi connectivity index (χ1v) is 10.9. The Morgan fingerprint density at radius 3 is 2.69 bits per heavy atom. The highest BCUT2D eigenvalue weighted by molar-refractivity contribution is 5.93. The van der Waals surface area contributed by atoms with E-state index in [4.69, 9.17) is 9.47 Å². The van der Waals surface area contributed by atoms with E-state index in [9.17, 15) is 9.59 Å². The molecule has 3 fully saturated rings. The van der Waals surface area contributed by atoms with Crippen LogP contribution >= 0.6 is 0 Å². The first kappa shape index (κ1) is 20.0. The van der Waals surface area contributed by atoms with Crippen molar-refractivity contribution in [3.63, 3.8) is 0 Å². The minimum atomic E-state index is -0.174. The quantitative estimate of drug-likeness (QED) is 0.823. The number of carbonyl (C=O) groups excluding carboxylic acids is 2. The zero-order valence-electron chi connectivity index (χ0n) is 17.0. The molecule has 0 saturated carbocycles. The van der Waals surface area contributed by atoms with Crippen LogP contribution in [0.4, 0.5) is 10.5 Å². The summed E-state index contributed by atoms with van der Waals surface area (Å²) in [6.45, 7) is 4.26. The number of nitrogens with zero attached hydrogens (tertiary/aromatic N) is 2. The minimum Gasteiger partial charge on any atom is -0.491 e. The number of benzene rings is 1. The SMILES string of the molecule is O=C(Nc1cccc(OCC2CCCO2)c1)C1CCCN(C(=O)N2CCCC2)C1. The Hall–Kier alpha value is -2.28. The molecule has 4 rings (SSSR count). The van der Waals surface area contributed by atoms with E-state index in [1.807, 2.05) is 34.1 Å². The lowest BCUT2D eigenvalue weighted by molar-refractivity contribution is -0.121. The van der Waals surface area contributed by atoms with Gasteiger partial charge < -0.3 is 24.6 Å². The van der Waals surface area contributed by atoms with Gasteiger partial charge >= 0.3 is 6.03 Å². The molecule has 3 saturated heterocycles. The van der Waals surface area contributed by atoms with E-state index in [0.717, 1.165) is 76.2 Å². The standard InChI is InChI=1S/C22H31N3O4/c26-21(17-6-4-12-25(15-17)22(27)24-10-1-2-11-24)23-18-7-3-8-19(14-18)29-16-20-9-5-13-28-20/h3,7-8,14,17,20H,1-2,4-6,9-13,15-16H2,(H,23,26). The topological polar surface area (TPSA) is 71.1 Å². The Bertz CT molecular complexity index is 714. The van der Waals surface area contributed by atoms with Crippen molar-refractivity contribution in [2.24, 2.45) is 5.92 Å². The van der Waals surface area contributed by atoms with E-state index in [0.29, 0.717) is 13.2 Å². The molecule has 2 atom stereocenters. The number of carbonyl (C=O) groups is 2. The van der Waals surface area contributed by atoms with Gasteiger partial charge in [0.2, 0.25) is 5.91 Å². The lowest BCUT2D eigenvalue weighted by Gasteiger charge is -2.34. The van der Waals surface area contributed by atoms with Gasteiger partial charge in [-0.15, -0.1) is 0 Å². The summed E-state index contributed by atoms with van der Waals surface area (Å²) in [5.41, 5.74) is 0.725. The van der Waals surface area contributed by atoms with Crippen LogP contribution in [-0.2, 0) is 9.53 Å². The summed E-state index contributed by atoms with van der Waals surface area (Å²) in [5.74, 6) is 0.528. The van der Waals surface area contributed by atoms with Gasteiger partial charge in [-0.05, 0) is 50.7 Å². The largest absolute Gasteiger partial charge is 0.491 e. The Labute approximate surface area is 172 Å². The number of piperidine rings is 1. The van der Waals surface area contributed by atoms with Crippen molar-refractivity contribution >= 4 is 17.6 Å². The Morgan fingerprint density at radius 2 is 1.90 bits per heavy atom. The molecule has 2 unspecified atom stereocenters. The van der Waals surface area contributed by atoms with Gasteiger partial charge in [0.25, 0.3) is 0 Å². The number of likely N-dealkylation sites (tertiary alicyclic amines) is 2. The molecular weight excluding hydrogens is 370 g/mol. The highest BCUT2D eigenvalue weighted by Gasteiger charge is 2.31. The van der Waals surface area contributed by atoms with Crippen LogP contribution in [0.1, 0.15) is 38.5 Å². The number of anilines is 1. The van der Waals surface area contributed by atoms with E-state index in [2.05, 4.69) is 5.32 Å². The van der Waals surface area contributed by atoms with E-state index >= 15 is 0 Å². The number of ether oxygens (including phenoxy) is 2. The van der Waals surface area contributed by atoms with Crippen molar-refractivity contribution in [2.45, 2.75) is 44.6 Å². The molecule has 7 nitrogen and oxygen atoms in total. The van der Waals surface area contributed by atoms with Crippen molar-refractivity contribution in [2.75, 3.05) is 44.7 Å². The molecular formula is C22H31N3O4. The lowest BCUT2D eigenvalue weighted by atomic mass is 9.97. The third kappa shape index (κ3) is 5.21. The summed E-state index contributed by atoms with van der Waals surface area (Å²) < 4.78 is 11.4. The molecule has 3 aliphatic heterocycles. The average Bonchev–Trinajstić information content (AvgIpc) is 3.46. The van der Waals surface area contributed by atoms with E-state index in [-0.39, 0.29) is 24.0 Å². The summed E-state index contributed by atoms with van der Waals surface area (Å²) in [7, 11) is 0. The second kappa shape index (κ2) is 9.48. The summed E-state index contributed by atoms with van der Waals surface area (Å²) >= 11 is 0. The molecule has 0 radical (unpaired) electrons. The monoisotopic (exact) mass is 401 g/mol.